The number of nitrogens with one attached hydrogen (secondary N) is 2. The summed E-state index contributed by atoms with van der Waals surface area (Å²) in [6, 6.07) is 0. The van der Waals surface area contributed by atoms with Gasteiger partial charge in [-0.05, 0) is 65.9 Å². The molecule has 0 aromatic heterocycles. The maximum atomic E-state index is 6.63. The lowest BCUT2D eigenvalue weighted by Crippen LogP contribution is -2.53. The molecule has 0 saturated heterocycles. The Balaban J connectivity index is 5.02. The summed E-state index contributed by atoms with van der Waals surface area (Å²) >= 11 is 0. The topological polar surface area (TPSA) is 61.0 Å². The largest absolute Gasteiger partial charge is 0.377 e. The van der Waals surface area contributed by atoms with Gasteiger partial charge in [-0.1, -0.05) is 27.7 Å². The Bertz CT molecular complexity index is 453. The minimum atomic E-state index is -1.35. The molecule has 7 heteroatoms. The molecule has 0 radical (unpaired) electrons. The molecule has 0 bridgehead atoms. The lowest BCUT2D eigenvalue weighted by atomic mass is 10.4. The van der Waals surface area contributed by atoms with Gasteiger partial charge < -0.3 is 29.6 Å². The molecular formula is C26H58N2O4S. The number of hydrogen-bond acceptors (Lipinski definition) is 6. The quantitative estimate of drug-likeness (QED) is 0.229. The van der Waals surface area contributed by atoms with Crippen molar-refractivity contribution in [1.29, 1.82) is 0 Å². The SMILES string of the molecule is CC(C)OCCNCCOC(C)(C)S(C(C)C)(C(C)C)C(C)(C)OCCNCCOC(C)C. The summed E-state index contributed by atoms with van der Waals surface area (Å²) in [5, 5.41) is 7.79. The van der Waals surface area contributed by atoms with Crippen molar-refractivity contribution in [3.8, 4) is 0 Å². The molecular weight excluding hydrogens is 436 g/mol. The standard InChI is InChI=1S/C26H58N2O4S/c1-21(2)29-17-13-27-15-19-31-25(9,10)33(23(5)6,24(7)8)26(11,12)32-20-16-28-14-18-30-22(3)4/h21-24,27-28H,13-20H2,1-12H3. The summed E-state index contributed by atoms with van der Waals surface area (Å²) in [7, 11) is -1.35. The molecule has 0 saturated carbocycles. The highest BCUT2D eigenvalue weighted by molar-refractivity contribution is 8.36. The summed E-state index contributed by atoms with van der Waals surface area (Å²) in [6.07, 6.45) is 0.545. The van der Waals surface area contributed by atoms with E-state index >= 15 is 0 Å². The molecule has 0 aromatic rings. The average Bonchev–Trinajstić information content (AvgIpc) is 2.65. The van der Waals surface area contributed by atoms with E-state index in [9.17, 15) is 0 Å². The van der Waals surface area contributed by atoms with Gasteiger partial charge in [0.05, 0.1) is 48.5 Å². The van der Waals surface area contributed by atoms with E-state index in [4.69, 9.17) is 18.9 Å². The van der Waals surface area contributed by atoms with Gasteiger partial charge in [-0.3, -0.25) is 0 Å². The Morgan fingerprint density at radius 1 is 0.545 bits per heavy atom. The van der Waals surface area contributed by atoms with Crippen molar-refractivity contribution in [3.05, 3.63) is 0 Å². The first-order chi connectivity index (χ1) is 15.2. The second kappa shape index (κ2) is 16.0. The lowest BCUT2D eigenvalue weighted by molar-refractivity contribution is 0.0190. The second-order valence-electron chi connectivity index (χ2n) is 10.6. The molecule has 0 amide bonds. The van der Waals surface area contributed by atoms with E-state index in [1.807, 2.05) is 0 Å². The Morgan fingerprint density at radius 3 is 1.12 bits per heavy atom. The van der Waals surface area contributed by atoms with E-state index in [-0.39, 0.29) is 22.1 Å². The highest BCUT2D eigenvalue weighted by atomic mass is 32.3. The maximum Gasteiger partial charge on any atom is 0.0955 e. The van der Waals surface area contributed by atoms with Crippen molar-refractivity contribution in [3.63, 3.8) is 0 Å². The molecule has 0 aliphatic heterocycles. The molecule has 0 aromatic carbocycles. The van der Waals surface area contributed by atoms with Crippen molar-refractivity contribution in [1.82, 2.24) is 10.6 Å². The molecule has 6 nitrogen and oxygen atoms in total. The van der Waals surface area contributed by atoms with Crippen molar-refractivity contribution >= 4 is 10.0 Å². The van der Waals surface area contributed by atoms with Crippen LogP contribution < -0.4 is 10.6 Å². The van der Waals surface area contributed by atoms with Crippen LogP contribution >= 0.6 is 10.0 Å². The van der Waals surface area contributed by atoms with E-state index in [1.165, 1.54) is 0 Å². The zero-order chi connectivity index (χ0) is 25.7. The van der Waals surface area contributed by atoms with E-state index in [1.54, 1.807) is 0 Å². The summed E-state index contributed by atoms with van der Waals surface area (Å²) in [5.74, 6) is 0. The molecule has 0 atom stereocenters. The van der Waals surface area contributed by atoms with Crippen LogP contribution in [-0.2, 0) is 18.9 Å². The second-order valence-corrected chi connectivity index (χ2v) is 15.9. The Kier molecular flexibility index (Phi) is 16.0. The number of ether oxygens (including phenoxy) is 4. The highest BCUT2D eigenvalue weighted by Crippen LogP contribution is 2.73. The van der Waals surface area contributed by atoms with E-state index in [0.717, 1.165) is 39.4 Å². The van der Waals surface area contributed by atoms with Gasteiger partial charge in [-0.25, -0.2) is 0 Å². The molecule has 0 unspecified atom stereocenters. The molecule has 0 heterocycles. The summed E-state index contributed by atoms with van der Waals surface area (Å²) < 4.78 is 24.5. The summed E-state index contributed by atoms with van der Waals surface area (Å²) in [5.41, 5.74) is 0. The minimum Gasteiger partial charge on any atom is -0.377 e. The predicted molar refractivity (Wildman–Crippen MR) is 146 cm³/mol. The van der Waals surface area contributed by atoms with Gasteiger partial charge in [0.25, 0.3) is 0 Å². The minimum absolute atomic E-state index is 0.272. The molecule has 0 aliphatic carbocycles. The smallest absolute Gasteiger partial charge is 0.0955 e. The Labute approximate surface area is 207 Å². The zero-order valence-corrected chi connectivity index (χ0v) is 24.8. The van der Waals surface area contributed by atoms with Crippen molar-refractivity contribution in [2.24, 2.45) is 0 Å². The van der Waals surface area contributed by atoms with Crippen LogP contribution in [0.25, 0.3) is 0 Å². The Morgan fingerprint density at radius 2 is 0.848 bits per heavy atom. The predicted octanol–water partition coefficient (Wildman–Crippen LogP) is 5.14. The normalized spacial score (nSPS) is 14.3. The average molecular weight is 495 g/mol. The van der Waals surface area contributed by atoms with Crippen LogP contribution in [0.5, 0.6) is 0 Å². The molecule has 0 rings (SSSR count). The van der Waals surface area contributed by atoms with Gasteiger partial charge in [-0.15, -0.1) is 0 Å². The van der Waals surface area contributed by atoms with Crippen LogP contribution in [0.2, 0.25) is 0 Å². The van der Waals surface area contributed by atoms with Crippen molar-refractivity contribution in [2.45, 2.75) is 116 Å². The molecule has 2 N–H and O–H groups in total. The Hall–Kier alpha value is 0.110. The first kappa shape index (κ1) is 33.1. The lowest BCUT2D eigenvalue weighted by Gasteiger charge is -2.65. The fourth-order valence-electron chi connectivity index (χ4n) is 5.32. The van der Waals surface area contributed by atoms with Gasteiger partial charge in [0.2, 0.25) is 0 Å². The fraction of sp³-hybridized carbons (Fsp3) is 1.00. The first-order valence-corrected chi connectivity index (χ1v) is 14.7. The van der Waals surface area contributed by atoms with Crippen LogP contribution in [0.3, 0.4) is 0 Å². The fourth-order valence-corrected chi connectivity index (χ4v) is 12.7. The molecule has 33 heavy (non-hydrogen) atoms. The van der Waals surface area contributed by atoms with Gasteiger partial charge >= 0.3 is 0 Å². The van der Waals surface area contributed by atoms with Gasteiger partial charge in [0.15, 0.2) is 0 Å². The monoisotopic (exact) mass is 494 g/mol. The molecule has 202 valence electrons. The van der Waals surface area contributed by atoms with Crippen molar-refractivity contribution < 1.29 is 18.9 Å². The third-order valence-electron chi connectivity index (χ3n) is 6.03. The molecule has 0 aliphatic rings. The van der Waals surface area contributed by atoms with Crippen LogP contribution in [0, 0.1) is 0 Å². The summed E-state index contributed by atoms with van der Waals surface area (Å²) in [4.78, 5) is -0.568. The third kappa shape index (κ3) is 10.7. The molecule has 0 fully saturated rings. The van der Waals surface area contributed by atoms with E-state index in [0.29, 0.717) is 23.7 Å². The first-order valence-electron chi connectivity index (χ1n) is 12.9. The van der Waals surface area contributed by atoms with E-state index in [2.05, 4.69) is 93.7 Å². The van der Waals surface area contributed by atoms with Crippen LogP contribution in [0.1, 0.15) is 83.1 Å². The van der Waals surface area contributed by atoms with Crippen LogP contribution in [-0.4, -0.2) is 85.2 Å². The van der Waals surface area contributed by atoms with Gasteiger partial charge in [0, 0.05) is 26.2 Å². The van der Waals surface area contributed by atoms with Crippen molar-refractivity contribution in [2.75, 3.05) is 52.6 Å². The van der Waals surface area contributed by atoms with E-state index < -0.39 is 10.0 Å². The molecule has 0 spiro atoms. The highest BCUT2D eigenvalue weighted by Gasteiger charge is 2.55. The van der Waals surface area contributed by atoms with Gasteiger partial charge in [0.1, 0.15) is 0 Å². The zero-order valence-electron chi connectivity index (χ0n) is 24.0. The number of hydrogen-bond donors (Lipinski definition) is 2. The maximum absolute atomic E-state index is 6.63. The third-order valence-corrected chi connectivity index (χ3v) is 12.5. The van der Waals surface area contributed by atoms with Crippen LogP contribution in [0.15, 0.2) is 0 Å². The van der Waals surface area contributed by atoms with Crippen LogP contribution in [0.4, 0.5) is 0 Å². The summed E-state index contributed by atoms with van der Waals surface area (Å²) in [6.45, 7) is 32.9. The number of rotatable bonds is 20. The van der Waals surface area contributed by atoms with Gasteiger partial charge in [-0.2, -0.15) is 10.0 Å².